The molecule has 6 nitrogen and oxygen atoms in total. The number of anilines is 1. The van der Waals surface area contributed by atoms with Gasteiger partial charge in [0.2, 0.25) is 0 Å². The fraction of sp³-hybridized carbons (Fsp3) is 0.391. The van der Waals surface area contributed by atoms with Gasteiger partial charge in [0.25, 0.3) is 5.91 Å². The summed E-state index contributed by atoms with van der Waals surface area (Å²) in [6.45, 7) is 2.24. The number of hydrogen-bond donors (Lipinski definition) is 1. The van der Waals surface area contributed by atoms with Gasteiger partial charge in [-0.25, -0.2) is 4.98 Å². The summed E-state index contributed by atoms with van der Waals surface area (Å²) in [5, 5.41) is 17.5. The topological polar surface area (TPSA) is 83.6 Å². The molecule has 0 spiro atoms. The smallest absolute Gasteiger partial charge is 0.319 e. The summed E-state index contributed by atoms with van der Waals surface area (Å²) in [4.78, 5) is 16.0. The SMILES string of the molecule is CC(I)C1CCC(n2cc3cc(NC(=O)c4cccc(C(F)(F)F)n4)c(C#N)cc3n2)CC1. The lowest BCUT2D eigenvalue weighted by molar-refractivity contribution is -0.141. The van der Waals surface area contributed by atoms with Crippen LogP contribution in [0.1, 0.15) is 60.4 Å². The van der Waals surface area contributed by atoms with Crippen LogP contribution in [0.3, 0.4) is 0 Å². The number of nitrogens with one attached hydrogen (secondary N) is 1. The average molecular weight is 567 g/mol. The zero-order valence-electron chi connectivity index (χ0n) is 17.7. The van der Waals surface area contributed by atoms with E-state index in [1.54, 1.807) is 12.1 Å². The van der Waals surface area contributed by atoms with Crippen molar-refractivity contribution in [2.24, 2.45) is 5.92 Å². The van der Waals surface area contributed by atoms with Gasteiger partial charge in [-0.2, -0.15) is 23.5 Å². The number of alkyl halides is 4. The van der Waals surface area contributed by atoms with Crippen LogP contribution < -0.4 is 5.32 Å². The molecule has 1 saturated carbocycles. The maximum absolute atomic E-state index is 12.9. The molecule has 1 N–H and O–H groups in total. The molecule has 3 aromatic rings. The monoisotopic (exact) mass is 567 g/mol. The van der Waals surface area contributed by atoms with E-state index in [9.17, 15) is 23.2 Å². The first-order valence-electron chi connectivity index (χ1n) is 10.6. The molecular formula is C23H21F3IN5O. The minimum Gasteiger partial charge on any atom is -0.319 e. The standard InChI is InChI=1S/C23H21F3IN5O/c1-13(27)14-5-7-17(8-6-14)32-12-16-10-19(15(11-28)9-20(16)31-32)30-22(33)18-3-2-4-21(29-18)23(24,25)26/h2-4,9-10,12-14,17H,5-8H2,1H3,(H,30,33). The Labute approximate surface area is 202 Å². The van der Waals surface area contributed by atoms with Crippen molar-refractivity contribution in [2.75, 3.05) is 5.32 Å². The molecule has 0 radical (unpaired) electrons. The number of rotatable bonds is 4. The first-order chi connectivity index (χ1) is 15.7. The van der Waals surface area contributed by atoms with Crippen LogP contribution in [-0.4, -0.2) is 24.6 Å². The van der Waals surface area contributed by atoms with Crippen molar-refractivity contribution in [1.82, 2.24) is 14.8 Å². The number of carbonyl (C=O) groups is 1. The van der Waals surface area contributed by atoms with Crippen molar-refractivity contribution < 1.29 is 18.0 Å². The Hall–Kier alpha value is -2.68. The Balaban J connectivity index is 1.57. The van der Waals surface area contributed by atoms with E-state index in [4.69, 9.17) is 0 Å². The fourth-order valence-corrected chi connectivity index (χ4v) is 4.92. The number of aromatic nitrogens is 3. The van der Waals surface area contributed by atoms with Crippen LogP contribution in [-0.2, 0) is 6.18 Å². The van der Waals surface area contributed by atoms with E-state index in [2.05, 4.69) is 44.9 Å². The maximum Gasteiger partial charge on any atom is 0.433 e. The van der Waals surface area contributed by atoms with Gasteiger partial charge in [0.15, 0.2) is 0 Å². The van der Waals surface area contributed by atoms with Crippen molar-refractivity contribution in [3.63, 3.8) is 0 Å². The highest BCUT2D eigenvalue weighted by molar-refractivity contribution is 14.1. The van der Waals surface area contributed by atoms with Gasteiger partial charge < -0.3 is 5.32 Å². The number of amides is 1. The van der Waals surface area contributed by atoms with Gasteiger partial charge in [-0.1, -0.05) is 35.6 Å². The second kappa shape index (κ2) is 9.29. The van der Waals surface area contributed by atoms with Crippen molar-refractivity contribution in [2.45, 2.75) is 48.7 Å². The van der Waals surface area contributed by atoms with E-state index in [1.165, 1.54) is 6.07 Å². The second-order valence-electron chi connectivity index (χ2n) is 8.28. The first-order valence-corrected chi connectivity index (χ1v) is 11.8. The number of halogens is 4. The number of nitriles is 1. The average Bonchev–Trinajstić information content (AvgIpc) is 3.21. The van der Waals surface area contributed by atoms with Gasteiger partial charge in [-0.15, -0.1) is 0 Å². The summed E-state index contributed by atoms with van der Waals surface area (Å²) in [5.74, 6) is -0.112. The molecule has 0 aliphatic heterocycles. The highest BCUT2D eigenvalue weighted by atomic mass is 127. The fourth-order valence-electron chi connectivity index (χ4n) is 4.20. The van der Waals surface area contributed by atoms with Gasteiger partial charge in [0.1, 0.15) is 17.5 Å². The molecule has 4 rings (SSSR count). The van der Waals surface area contributed by atoms with Crippen LogP contribution >= 0.6 is 22.6 Å². The third kappa shape index (κ3) is 5.13. The zero-order chi connectivity index (χ0) is 23.8. The Bertz CT molecular complexity index is 1220. The Morgan fingerprint density at radius 1 is 1.27 bits per heavy atom. The van der Waals surface area contributed by atoms with Crippen LogP contribution in [0.5, 0.6) is 0 Å². The van der Waals surface area contributed by atoms with Crippen LogP contribution in [0.25, 0.3) is 10.9 Å². The number of pyridine rings is 1. The van der Waals surface area contributed by atoms with Crippen molar-refractivity contribution >= 4 is 45.1 Å². The maximum atomic E-state index is 12.9. The van der Waals surface area contributed by atoms with Gasteiger partial charge in [-0.05, 0) is 55.9 Å². The molecule has 1 unspecified atom stereocenters. The van der Waals surface area contributed by atoms with Gasteiger partial charge in [-0.3, -0.25) is 9.48 Å². The van der Waals surface area contributed by atoms with Crippen LogP contribution in [0.2, 0.25) is 0 Å². The molecule has 1 atom stereocenters. The third-order valence-corrected chi connectivity index (χ3v) is 7.08. The molecule has 2 aromatic heterocycles. The molecule has 0 bridgehead atoms. The van der Waals surface area contributed by atoms with Crippen LogP contribution in [0, 0.1) is 17.2 Å². The van der Waals surface area contributed by atoms with Crippen LogP contribution in [0.15, 0.2) is 36.5 Å². The molecule has 33 heavy (non-hydrogen) atoms. The normalized spacial score (nSPS) is 19.8. The van der Waals surface area contributed by atoms with Crippen molar-refractivity contribution in [3.05, 3.63) is 53.5 Å². The van der Waals surface area contributed by atoms with Gasteiger partial charge >= 0.3 is 6.18 Å². The van der Waals surface area contributed by atoms with Crippen molar-refractivity contribution in [1.29, 1.82) is 5.26 Å². The summed E-state index contributed by atoms with van der Waals surface area (Å²) >= 11 is 2.48. The molecule has 1 aromatic carbocycles. The van der Waals surface area contributed by atoms with Gasteiger partial charge in [0.05, 0.1) is 22.8 Å². The molecule has 0 saturated heterocycles. The van der Waals surface area contributed by atoms with Crippen molar-refractivity contribution in [3.8, 4) is 6.07 Å². The second-order valence-corrected chi connectivity index (χ2v) is 10.2. The van der Waals surface area contributed by atoms with Crippen LogP contribution in [0.4, 0.5) is 18.9 Å². The lowest BCUT2D eigenvalue weighted by Gasteiger charge is -2.30. The summed E-state index contributed by atoms with van der Waals surface area (Å²) < 4.78 is 41.3. The third-order valence-electron chi connectivity index (χ3n) is 6.07. The number of fused-ring (bicyclic) bond motifs is 1. The molecule has 1 amide bonds. The molecule has 2 heterocycles. The zero-order valence-corrected chi connectivity index (χ0v) is 19.9. The summed E-state index contributed by atoms with van der Waals surface area (Å²) in [6.07, 6.45) is 1.58. The Kier molecular flexibility index (Phi) is 6.61. The summed E-state index contributed by atoms with van der Waals surface area (Å²) in [6, 6.07) is 8.62. The Morgan fingerprint density at radius 3 is 2.64 bits per heavy atom. The predicted octanol–water partition coefficient (Wildman–Crippen LogP) is 6.13. The lowest BCUT2D eigenvalue weighted by Crippen LogP contribution is -2.22. The molecule has 1 aliphatic carbocycles. The molecule has 10 heteroatoms. The minimum absolute atomic E-state index is 0.176. The first kappa shape index (κ1) is 23.5. The number of carbonyl (C=O) groups excluding carboxylic acids is 1. The summed E-state index contributed by atoms with van der Waals surface area (Å²) in [7, 11) is 0. The molecule has 172 valence electrons. The molecular weight excluding hydrogens is 546 g/mol. The van der Waals surface area contributed by atoms with E-state index < -0.39 is 17.8 Å². The quantitative estimate of drug-likeness (QED) is 0.304. The predicted molar refractivity (Wildman–Crippen MR) is 126 cm³/mol. The van der Waals surface area contributed by atoms with Gasteiger partial charge in [0, 0.05) is 15.5 Å². The largest absolute Gasteiger partial charge is 0.433 e. The number of nitrogens with zero attached hydrogens (tertiary/aromatic N) is 4. The van der Waals surface area contributed by atoms with E-state index in [0.29, 0.717) is 15.4 Å². The highest BCUT2D eigenvalue weighted by Crippen LogP contribution is 2.36. The van der Waals surface area contributed by atoms with E-state index in [1.807, 2.05) is 16.9 Å². The Morgan fingerprint density at radius 2 is 2.00 bits per heavy atom. The van der Waals surface area contributed by atoms with E-state index in [0.717, 1.165) is 43.2 Å². The number of benzene rings is 1. The lowest BCUT2D eigenvalue weighted by atomic mass is 9.84. The minimum atomic E-state index is -4.66. The molecule has 1 aliphatic rings. The molecule has 1 fully saturated rings. The van der Waals surface area contributed by atoms with E-state index in [-0.39, 0.29) is 23.0 Å². The van der Waals surface area contributed by atoms with E-state index >= 15 is 0 Å². The summed E-state index contributed by atoms with van der Waals surface area (Å²) in [5.41, 5.74) is -0.525. The number of hydrogen-bond acceptors (Lipinski definition) is 4. The highest BCUT2D eigenvalue weighted by Gasteiger charge is 2.33.